The van der Waals surface area contributed by atoms with Crippen LogP contribution in [0.1, 0.15) is 19.4 Å². The number of hydrogen-bond acceptors (Lipinski definition) is 1. The van der Waals surface area contributed by atoms with Crippen LogP contribution in [0.15, 0.2) is 22.7 Å². The van der Waals surface area contributed by atoms with Crippen LogP contribution in [0.25, 0.3) is 0 Å². The topological polar surface area (TPSA) is 9.23 Å². The SMILES string of the molecule is CC(C)Oc1cc(Br)cc(CBr)c1. The van der Waals surface area contributed by atoms with Crippen LogP contribution >= 0.6 is 31.9 Å². The molecule has 1 rings (SSSR count). The molecule has 1 aromatic rings. The highest BCUT2D eigenvalue weighted by Crippen LogP contribution is 2.23. The fraction of sp³-hybridized carbons (Fsp3) is 0.400. The van der Waals surface area contributed by atoms with Crippen LogP contribution < -0.4 is 4.74 Å². The van der Waals surface area contributed by atoms with E-state index >= 15 is 0 Å². The summed E-state index contributed by atoms with van der Waals surface area (Å²) in [6, 6.07) is 6.09. The third kappa shape index (κ3) is 3.69. The smallest absolute Gasteiger partial charge is 0.121 e. The predicted molar refractivity (Wildman–Crippen MR) is 62.5 cm³/mol. The number of rotatable bonds is 3. The minimum absolute atomic E-state index is 0.220. The van der Waals surface area contributed by atoms with Gasteiger partial charge < -0.3 is 4.74 Å². The summed E-state index contributed by atoms with van der Waals surface area (Å²) in [4.78, 5) is 0. The second-order valence-electron chi connectivity index (χ2n) is 3.10. The Labute approximate surface area is 95.7 Å². The van der Waals surface area contributed by atoms with Crippen molar-refractivity contribution in [3.63, 3.8) is 0 Å². The number of ether oxygens (including phenoxy) is 1. The Kier molecular flexibility index (Phi) is 4.26. The van der Waals surface area contributed by atoms with Crippen molar-refractivity contribution in [2.24, 2.45) is 0 Å². The lowest BCUT2D eigenvalue weighted by atomic mass is 10.2. The lowest BCUT2D eigenvalue weighted by Crippen LogP contribution is -2.05. The molecular formula is C10H12Br2O. The molecule has 0 saturated heterocycles. The van der Waals surface area contributed by atoms with Gasteiger partial charge in [0.15, 0.2) is 0 Å². The van der Waals surface area contributed by atoms with Crippen LogP contribution in [-0.4, -0.2) is 6.10 Å². The van der Waals surface area contributed by atoms with Gasteiger partial charge in [0.1, 0.15) is 5.75 Å². The average molecular weight is 308 g/mol. The molecule has 0 aliphatic carbocycles. The molecule has 0 fully saturated rings. The molecule has 1 aromatic carbocycles. The fourth-order valence-electron chi connectivity index (χ4n) is 1.04. The van der Waals surface area contributed by atoms with E-state index in [9.17, 15) is 0 Å². The zero-order chi connectivity index (χ0) is 9.84. The first-order valence-corrected chi connectivity index (χ1v) is 6.05. The van der Waals surface area contributed by atoms with Crippen LogP contribution in [0, 0.1) is 0 Å². The van der Waals surface area contributed by atoms with Crippen molar-refractivity contribution in [2.45, 2.75) is 25.3 Å². The van der Waals surface area contributed by atoms with E-state index in [1.54, 1.807) is 0 Å². The summed E-state index contributed by atoms with van der Waals surface area (Å²) in [7, 11) is 0. The highest BCUT2D eigenvalue weighted by molar-refractivity contribution is 9.10. The molecule has 0 atom stereocenters. The number of hydrogen-bond donors (Lipinski definition) is 0. The Morgan fingerprint density at radius 1 is 1.31 bits per heavy atom. The molecule has 13 heavy (non-hydrogen) atoms. The molecule has 0 amide bonds. The predicted octanol–water partition coefficient (Wildman–Crippen LogP) is 4.13. The molecule has 0 aromatic heterocycles. The lowest BCUT2D eigenvalue weighted by molar-refractivity contribution is 0.242. The normalized spacial score (nSPS) is 10.5. The fourth-order valence-corrected chi connectivity index (χ4v) is 1.88. The first kappa shape index (κ1) is 11.1. The van der Waals surface area contributed by atoms with E-state index in [4.69, 9.17) is 4.74 Å². The van der Waals surface area contributed by atoms with E-state index in [1.165, 1.54) is 5.56 Å². The number of halogens is 2. The summed E-state index contributed by atoms with van der Waals surface area (Å²) in [5, 5.41) is 0.848. The maximum absolute atomic E-state index is 5.59. The van der Waals surface area contributed by atoms with Gasteiger partial charge in [0, 0.05) is 9.80 Å². The average Bonchev–Trinajstić information content (AvgIpc) is 2.01. The third-order valence-corrected chi connectivity index (χ3v) is 2.56. The van der Waals surface area contributed by atoms with Gasteiger partial charge in [-0.15, -0.1) is 0 Å². The van der Waals surface area contributed by atoms with E-state index < -0.39 is 0 Å². The van der Waals surface area contributed by atoms with E-state index in [0.717, 1.165) is 15.6 Å². The Morgan fingerprint density at radius 2 is 2.00 bits per heavy atom. The van der Waals surface area contributed by atoms with Crippen molar-refractivity contribution < 1.29 is 4.74 Å². The van der Waals surface area contributed by atoms with E-state index in [2.05, 4.69) is 37.9 Å². The van der Waals surface area contributed by atoms with Gasteiger partial charge in [-0.25, -0.2) is 0 Å². The lowest BCUT2D eigenvalue weighted by Gasteiger charge is -2.10. The standard InChI is InChI=1S/C10H12Br2O/c1-7(2)13-10-4-8(6-11)3-9(12)5-10/h3-5,7H,6H2,1-2H3. The minimum Gasteiger partial charge on any atom is -0.491 e. The molecule has 72 valence electrons. The molecule has 0 radical (unpaired) electrons. The van der Waals surface area contributed by atoms with Gasteiger partial charge in [0.05, 0.1) is 6.10 Å². The van der Waals surface area contributed by atoms with E-state index in [0.29, 0.717) is 0 Å². The summed E-state index contributed by atoms with van der Waals surface area (Å²) in [6.07, 6.45) is 0.220. The van der Waals surface area contributed by atoms with Gasteiger partial charge in [-0.1, -0.05) is 31.9 Å². The largest absolute Gasteiger partial charge is 0.491 e. The highest BCUT2D eigenvalue weighted by atomic mass is 79.9. The van der Waals surface area contributed by atoms with Crippen LogP contribution in [-0.2, 0) is 5.33 Å². The summed E-state index contributed by atoms with van der Waals surface area (Å²) >= 11 is 6.86. The Morgan fingerprint density at radius 3 is 2.54 bits per heavy atom. The molecule has 0 saturated carbocycles. The summed E-state index contributed by atoms with van der Waals surface area (Å²) in [5.41, 5.74) is 1.21. The van der Waals surface area contributed by atoms with Gasteiger partial charge in [-0.3, -0.25) is 0 Å². The first-order chi connectivity index (χ1) is 6.11. The van der Waals surface area contributed by atoms with Crippen LogP contribution in [0.5, 0.6) is 5.75 Å². The molecule has 0 aliphatic rings. The molecule has 0 aliphatic heterocycles. The van der Waals surface area contributed by atoms with Crippen molar-refractivity contribution in [3.05, 3.63) is 28.2 Å². The minimum atomic E-state index is 0.220. The highest BCUT2D eigenvalue weighted by Gasteiger charge is 2.01. The second kappa shape index (κ2) is 5.01. The molecule has 0 N–H and O–H groups in total. The van der Waals surface area contributed by atoms with Crippen molar-refractivity contribution in [1.29, 1.82) is 0 Å². The quantitative estimate of drug-likeness (QED) is 0.763. The van der Waals surface area contributed by atoms with E-state index in [-0.39, 0.29) is 6.10 Å². The summed E-state index contributed by atoms with van der Waals surface area (Å²) < 4.78 is 6.64. The first-order valence-electron chi connectivity index (χ1n) is 4.14. The third-order valence-electron chi connectivity index (χ3n) is 1.46. The number of benzene rings is 1. The Hall–Kier alpha value is -0.0200. The maximum atomic E-state index is 5.59. The van der Waals surface area contributed by atoms with E-state index in [1.807, 2.05) is 26.0 Å². The maximum Gasteiger partial charge on any atom is 0.121 e. The number of alkyl halides is 1. The van der Waals surface area contributed by atoms with Crippen LogP contribution in [0.4, 0.5) is 0 Å². The zero-order valence-electron chi connectivity index (χ0n) is 7.68. The molecule has 0 spiro atoms. The van der Waals surface area contributed by atoms with Crippen molar-refractivity contribution in [3.8, 4) is 5.75 Å². The zero-order valence-corrected chi connectivity index (χ0v) is 10.9. The van der Waals surface area contributed by atoms with Gasteiger partial charge >= 0.3 is 0 Å². The Balaban J connectivity index is 2.88. The van der Waals surface area contributed by atoms with Crippen molar-refractivity contribution in [1.82, 2.24) is 0 Å². The molecular weight excluding hydrogens is 296 g/mol. The van der Waals surface area contributed by atoms with Gasteiger partial charge in [-0.05, 0) is 37.6 Å². The molecule has 0 bridgehead atoms. The van der Waals surface area contributed by atoms with Crippen LogP contribution in [0.3, 0.4) is 0 Å². The molecule has 0 unspecified atom stereocenters. The van der Waals surface area contributed by atoms with Gasteiger partial charge in [-0.2, -0.15) is 0 Å². The van der Waals surface area contributed by atoms with Gasteiger partial charge in [0.2, 0.25) is 0 Å². The summed E-state index contributed by atoms with van der Waals surface area (Å²) in [5.74, 6) is 0.916. The van der Waals surface area contributed by atoms with Crippen molar-refractivity contribution in [2.75, 3.05) is 0 Å². The Bertz CT molecular complexity index is 284. The van der Waals surface area contributed by atoms with Crippen molar-refractivity contribution >= 4 is 31.9 Å². The second-order valence-corrected chi connectivity index (χ2v) is 4.57. The molecule has 3 heteroatoms. The molecule has 1 nitrogen and oxygen atoms in total. The summed E-state index contributed by atoms with van der Waals surface area (Å²) in [6.45, 7) is 4.05. The van der Waals surface area contributed by atoms with Crippen LogP contribution in [0.2, 0.25) is 0 Å². The molecule has 0 heterocycles. The monoisotopic (exact) mass is 306 g/mol. The van der Waals surface area contributed by atoms with Gasteiger partial charge in [0.25, 0.3) is 0 Å².